The highest BCUT2D eigenvalue weighted by atomic mass is 35.5. The van der Waals surface area contributed by atoms with Crippen LogP contribution >= 0.6 is 11.6 Å². The van der Waals surface area contributed by atoms with Gasteiger partial charge in [0.15, 0.2) is 0 Å². The number of halogens is 1. The smallest absolute Gasteiger partial charge is 0.229 e. The van der Waals surface area contributed by atoms with Crippen LogP contribution in [0.5, 0.6) is 0 Å². The summed E-state index contributed by atoms with van der Waals surface area (Å²) < 4.78 is 0. The number of carbonyl (C=O) groups excluding carboxylic acids is 2. The Labute approximate surface area is 148 Å². The number of hydrogen-bond donors (Lipinski definition) is 0. The van der Waals surface area contributed by atoms with E-state index in [0.29, 0.717) is 25.4 Å². The molecule has 0 saturated carbocycles. The largest absolute Gasteiger partial charge is 0.299 e. The van der Waals surface area contributed by atoms with E-state index in [9.17, 15) is 9.59 Å². The number of amides is 2. The molecule has 2 aliphatic rings. The van der Waals surface area contributed by atoms with Crippen LogP contribution in [0.2, 0.25) is 5.02 Å². The van der Waals surface area contributed by atoms with Gasteiger partial charge in [0.2, 0.25) is 11.8 Å². The predicted molar refractivity (Wildman–Crippen MR) is 93.8 cm³/mol. The zero-order valence-corrected chi connectivity index (χ0v) is 14.8. The summed E-state index contributed by atoms with van der Waals surface area (Å²) in [5, 5.41) is 0.766. The Bertz CT molecular complexity index is 581. The minimum Gasteiger partial charge on any atom is -0.299 e. The van der Waals surface area contributed by atoms with Crippen molar-refractivity contribution in [2.75, 3.05) is 39.3 Å². The molecule has 0 radical (unpaired) electrons. The summed E-state index contributed by atoms with van der Waals surface area (Å²) in [6, 6.07) is 8.42. The molecule has 0 unspecified atom stereocenters. The Hall–Kier alpha value is -1.43. The number of rotatable bonds is 5. The molecule has 2 heterocycles. The third kappa shape index (κ3) is 3.97. The summed E-state index contributed by atoms with van der Waals surface area (Å²) in [7, 11) is 0. The van der Waals surface area contributed by atoms with Crippen molar-refractivity contribution in [3.05, 3.63) is 34.9 Å². The van der Waals surface area contributed by atoms with Gasteiger partial charge in [-0.2, -0.15) is 0 Å². The van der Waals surface area contributed by atoms with Crippen molar-refractivity contribution in [3.8, 4) is 0 Å². The summed E-state index contributed by atoms with van der Waals surface area (Å²) in [5.74, 6) is -0.0370. The number of carbonyl (C=O) groups is 2. The lowest BCUT2D eigenvalue weighted by molar-refractivity contribution is -0.138. The topological polar surface area (TPSA) is 43.9 Å². The van der Waals surface area contributed by atoms with Gasteiger partial charge < -0.3 is 0 Å². The van der Waals surface area contributed by atoms with Crippen molar-refractivity contribution in [1.82, 2.24) is 14.7 Å². The molecule has 24 heavy (non-hydrogen) atoms. The highest BCUT2D eigenvalue weighted by Gasteiger charge is 2.29. The third-order valence-electron chi connectivity index (χ3n) is 5.10. The maximum absolute atomic E-state index is 11.6. The average Bonchev–Trinajstić information content (AvgIpc) is 2.92. The number of benzene rings is 1. The first-order valence-electron chi connectivity index (χ1n) is 8.59. The zero-order valence-electron chi connectivity index (χ0n) is 14.1. The van der Waals surface area contributed by atoms with Crippen molar-refractivity contribution in [2.24, 2.45) is 0 Å². The lowest BCUT2D eigenvalue weighted by atomic mass is 10.1. The molecule has 6 heteroatoms. The van der Waals surface area contributed by atoms with Crippen LogP contribution in [0.3, 0.4) is 0 Å². The maximum atomic E-state index is 11.6. The average molecular weight is 350 g/mol. The van der Waals surface area contributed by atoms with E-state index in [1.165, 1.54) is 10.5 Å². The van der Waals surface area contributed by atoms with Gasteiger partial charge in [-0.1, -0.05) is 23.7 Å². The Morgan fingerprint density at radius 3 is 2.12 bits per heavy atom. The molecular weight excluding hydrogens is 326 g/mol. The van der Waals surface area contributed by atoms with E-state index in [4.69, 9.17) is 11.6 Å². The van der Waals surface area contributed by atoms with Crippen molar-refractivity contribution in [1.29, 1.82) is 0 Å². The van der Waals surface area contributed by atoms with Crippen LogP contribution in [0.15, 0.2) is 24.3 Å². The van der Waals surface area contributed by atoms with Crippen LogP contribution in [0.25, 0.3) is 0 Å². The number of hydrogen-bond acceptors (Lipinski definition) is 4. The van der Waals surface area contributed by atoms with E-state index in [1.807, 2.05) is 12.1 Å². The SMILES string of the molecule is C[C@@H](c1ccc(Cl)cc1)N1CCN(CCN2C(=O)CCC2=O)CC1. The minimum absolute atomic E-state index is 0.0185. The van der Waals surface area contributed by atoms with Crippen LogP contribution < -0.4 is 0 Å². The molecule has 3 rings (SSSR count). The molecule has 2 saturated heterocycles. The Morgan fingerprint density at radius 2 is 1.54 bits per heavy atom. The van der Waals surface area contributed by atoms with Crippen LogP contribution in [-0.4, -0.2) is 65.8 Å². The quantitative estimate of drug-likeness (QED) is 0.764. The number of imide groups is 1. The lowest BCUT2D eigenvalue weighted by Crippen LogP contribution is -2.49. The van der Waals surface area contributed by atoms with Gasteiger partial charge in [-0.25, -0.2) is 0 Å². The summed E-state index contributed by atoms with van der Waals surface area (Å²) in [4.78, 5) is 29.5. The number of likely N-dealkylation sites (tertiary alicyclic amines) is 1. The van der Waals surface area contributed by atoms with Gasteiger partial charge >= 0.3 is 0 Å². The van der Waals surface area contributed by atoms with Gasteiger partial charge in [-0.3, -0.25) is 24.3 Å². The normalized spacial score (nSPS) is 21.5. The summed E-state index contributed by atoms with van der Waals surface area (Å²) in [6.45, 7) is 7.45. The van der Waals surface area contributed by atoms with Crippen LogP contribution in [0, 0.1) is 0 Å². The molecule has 2 fully saturated rings. The van der Waals surface area contributed by atoms with Crippen LogP contribution in [-0.2, 0) is 9.59 Å². The maximum Gasteiger partial charge on any atom is 0.229 e. The van der Waals surface area contributed by atoms with E-state index in [1.54, 1.807) is 0 Å². The van der Waals surface area contributed by atoms with Crippen molar-refractivity contribution in [3.63, 3.8) is 0 Å². The molecule has 2 amide bonds. The van der Waals surface area contributed by atoms with Crippen molar-refractivity contribution in [2.45, 2.75) is 25.8 Å². The molecule has 0 N–H and O–H groups in total. The van der Waals surface area contributed by atoms with Crippen molar-refractivity contribution < 1.29 is 9.59 Å². The van der Waals surface area contributed by atoms with Gasteiger partial charge in [-0.15, -0.1) is 0 Å². The van der Waals surface area contributed by atoms with E-state index in [2.05, 4.69) is 28.9 Å². The molecule has 0 bridgehead atoms. The fraction of sp³-hybridized carbons (Fsp3) is 0.556. The second kappa shape index (κ2) is 7.64. The molecule has 130 valence electrons. The second-order valence-electron chi connectivity index (χ2n) is 6.54. The molecule has 0 aliphatic carbocycles. The highest BCUT2D eigenvalue weighted by molar-refractivity contribution is 6.30. The molecule has 2 aliphatic heterocycles. The molecule has 5 nitrogen and oxygen atoms in total. The van der Waals surface area contributed by atoms with Gasteiger partial charge in [0.1, 0.15) is 0 Å². The first-order valence-corrected chi connectivity index (χ1v) is 8.97. The van der Waals surface area contributed by atoms with Gasteiger partial charge in [0.05, 0.1) is 0 Å². The Balaban J connectivity index is 1.46. The Morgan fingerprint density at radius 1 is 0.958 bits per heavy atom. The first kappa shape index (κ1) is 17.4. The monoisotopic (exact) mass is 349 g/mol. The van der Waals surface area contributed by atoms with E-state index in [-0.39, 0.29) is 11.8 Å². The molecule has 0 aromatic heterocycles. The second-order valence-corrected chi connectivity index (χ2v) is 6.98. The third-order valence-corrected chi connectivity index (χ3v) is 5.35. The van der Waals surface area contributed by atoms with E-state index in [0.717, 1.165) is 37.7 Å². The van der Waals surface area contributed by atoms with Gasteiger partial charge in [0.25, 0.3) is 0 Å². The molecule has 1 aromatic carbocycles. The van der Waals surface area contributed by atoms with Crippen LogP contribution in [0.4, 0.5) is 0 Å². The summed E-state index contributed by atoms with van der Waals surface area (Å²) in [6.07, 6.45) is 0.760. The van der Waals surface area contributed by atoms with Crippen molar-refractivity contribution >= 4 is 23.4 Å². The minimum atomic E-state index is -0.0185. The van der Waals surface area contributed by atoms with Gasteiger partial charge in [0, 0.05) is 63.2 Å². The zero-order chi connectivity index (χ0) is 17.1. The summed E-state index contributed by atoms with van der Waals surface area (Å²) in [5.41, 5.74) is 1.28. The van der Waals surface area contributed by atoms with Crippen LogP contribution in [0.1, 0.15) is 31.4 Å². The molecular formula is C18H24ClN3O2. The molecule has 1 aromatic rings. The fourth-order valence-electron chi connectivity index (χ4n) is 3.44. The standard InChI is InChI=1S/C18H24ClN3O2/c1-14(15-2-4-16(19)5-3-15)21-11-8-20(9-12-21)10-13-22-17(23)6-7-18(22)24/h2-5,14H,6-13H2,1H3/t14-/m0/s1. The first-order chi connectivity index (χ1) is 11.5. The highest BCUT2D eigenvalue weighted by Crippen LogP contribution is 2.23. The van der Waals surface area contributed by atoms with Gasteiger partial charge in [-0.05, 0) is 24.6 Å². The molecule has 1 atom stereocenters. The molecule has 0 spiro atoms. The summed E-state index contributed by atoms with van der Waals surface area (Å²) >= 11 is 5.96. The Kier molecular flexibility index (Phi) is 5.54. The number of nitrogens with zero attached hydrogens (tertiary/aromatic N) is 3. The van der Waals surface area contributed by atoms with E-state index >= 15 is 0 Å². The number of piperazine rings is 1. The van der Waals surface area contributed by atoms with E-state index < -0.39 is 0 Å². The predicted octanol–water partition coefficient (Wildman–Crippen LogP) is 2.17. The lowest BCUT2D eigenvalue weighted by Gasteiger charge is -2.38. The fourth-order valence-corrected chi connectivity index (χ4v) is 3.57.